The number of esters is 1. The van der Waals surface area contributed by atoms with Gasteiger partial charge in [-0.05, 0) is 49.6 Å². The average molecular weight is 374 g/mol. The highest BCUT2D eigenvalue weighted by Gasteiger charge is 2.23. The molecule has 28 heavy (non-hydrogen) atoms. The molecule has 3 rings (SSSR count). The zero-order chi connectivity index (χ0) is 20.3. The van der Waals surface area contributed by atoms with Gasteiger partial charge in [-0.3, -0.25) is 4.79 Å². The molecular weight excluding hydrogens is 352 g/mol. The number of ketones is 1. The van der Waals surface area contributed by atoms with Crippen LogP contribution in [0.15, 0.2) is 60.7 Å². The summed E-state index contributed by atoms with van der Waals surface area (Å²) in [4.78, 5) is 25.4. The van der Waals surface area contributed by atoms with Crippen LogP contribution in [0.1, 0.15) is 43.0 Å². The molecule has 0 unspecified atom stereocenters. The highest BCUT2D eigenvalue weighted by atomic mass is 16.5. The maximum absolute atomic E-state index is 12.8. The van der Waals surface area contributed by atoms with Gasteiger partial charge in [-0.2, -0.15) is 0 Å². The van der Waals surface area contributed by atoms with Gasteiger partial charge >= 0.3 is 5.97 Å². The topological polar surface area (TPSA) is 63.6 Å². The molecule has 1 N–H and O–H groups in total. The second kappa shape index (κ2) is 8.09. The highest BCUT2D eigenvalue weighted by molar-refractivity contribution is 5.98. The van der Waals surface area contributed by atoms with E-state index in [0.717, 1.165) is 0 Å². The van der Waals surface area contributed by atoms with Crippen molar-refractivity contribution in [2.75, 3.05) is 0 Å². The number of phenolic OH excluding ortho intramolecular Hbond substituents is 1. The summed E-state index contributed by atoms with van der Waals surface area (Å²) in [6, 6.07) is 17.6. The molecule has 0 saturated carbocycles. The minimum Gasteiger partial charge on any atom is -0.507 e. The number of hydrogen-bond donors (Lipinski definition) is 1. The number of Topliss-reactive ketones (excluding diaryl/α,β-unsaturated/α-hetero) is 1. The third-order valence-corrected chi connectivity index (χ3v) is 4.98. The summed E-state index contributed by atoms with van der Waals surface area (Å²) in [6.07, 6.45) is 0.0297. The van der Waals surface area contributed by atoms with E-state index < -0.39 is 5.97 Å². The van der Waals surface area contributed by atoms with Crippen LogP contribution in [0.25, 0.3) is 0 Å². The predicted molar refractivity (Wildman–Crippen MR) is 108 cm³/mol. The van der Waals surface area contributed by atoms with E-state index in [0.29, 0.717) is 39.1 Å². The average Bonchev–Trinajstić information content (AvgIpc) is 2.74. The Hall–Kier alpha value is -3.40. The van der Waals surface area contributed by atoms with Crippen molar-refractivity contribution in [2.24, 2.45) is 0 Å². The molecule has 0 aliphatic carbocycles. The molecule has 0 fully saturated rings. The number of carbonyl (C=O) groups is 2. The molecule has 0 saturated heterocycles. The molecule has 3 aromatic carbocycles. The van der Waals surface area contributed by atoms with Gasteiger partial charge in [0.15, 0.2) is 5.78 Å². The molecule has 0 amide bonds. The summed E-state index contributed by atoms with van der Waals surface area (Å²) >= 11 is 0. The molecule has 0 aliphatic heterocycles. The van der Waals surface area contributed by atoms with Crippen LogP contribution in [0.3, 0.4) is 0 Å². The summed E-state index contributed by atoms with van der Waals surface area (Å²) in [7, 11) is 0. The first-order valence-corrected chi connectivity index (χ1v) is 9.07. The van der Waals surface area contributed by atoms with Crippen LogP contribution >= 0.6 is 0 Å². The van der Waals surface area contributed by atoms with Crippen LogP contribution in [0.4, 0.5) is 0 Å². The smallest absolute Gasteiger partial charge is 0.343 e. The van der Waals surface area contributed by atoms with Crippen molar-refractivity contribution in [2.45, 2.75) is 27.2 Å². The third-order valence-electron chi connectivity index (χ3n) is 4.98. The van der Waals surface area contributed by atoms with Gasteiger partial charge in [-0.15, -0.1) is 0 Å². The van der Waals surface area contributed by atoms with Crippen LogP contribution in [-0.4, -0.2) is 16.9 Å². The minimum atomic E-state index is -0.499. The number of carbonyl (C=O) groups excluding carboxylic acids is 2. The number of aromatic hydroxyl groups is 1. The maximum atomic E-state index is 12.8. The molecule has 0 bridgehead atoms. The Balaban J connectivity index is 2.03. The van der Waals surface area contributed by atoms with Gasteiger partial charge in [0.25, 0.3) is 0 Å². The second-order valence-corrected chi connectivity index (χ2v) is 6.75. The van der Waals surface area contributed by atoms with Crippen molar-refractivity contribution in [3.8, 4) is 11.5 Å². The van der Waals surface area contributed by atoms with Crippen molar-refractivity contribution in [3.05, 3.63) is 94.0 Å². The van der Waals surface area contributed by atoms with Crippen LogP contribution in [0, 0.1) is 20.8 Å². The van der Waals surface area contributed by atoms with E-state index in [1.54, 1.807) is 69.3 Å². The maximum Gasteiger partial charge on any atom is 0.343 e. The molecule has 142 valence electrons. The molecule has 0 spiro atoms. The Bertz CT molecular complexity index is 937. The van der Waals surface area contributed by atoms with Crippen LogP contribution in [0.5, 0.6) is 11.5 Å². The van der Waals surface area contributed by atoms with Crippen molar-refractivity contribution in [1.82, 2.24) is 0 Å². The monoisotopic (exact) mass is 374 g/mol. The Labute approximate surface area is 164 Å². The van der Waals surface area contributed by atoms with Crippen LogP contribution in [0.2, 0.25) is 0 Å². The van der Waals surface area contributed by atoms with E-state index in [2.05, 4.69) is 0 Å². The zero-order valence-electron chi connectivity index (χ0n) is 16.2. The van der Waals surface area contributed by atoms with Crippen molar-refractivity contribution >= 4 is 11.8 Å². The van der Waals surface area contributed by atoms with E-state index in [4.69, 9.17) is 4.74 Å². The summed E-state index contributed by atoms with van der Waals surface area (Å²) in [5, 5.41) is 10.5. The van der Waals surface area contributed by atoms with Gasteiger partial charge in [0, 0.05) is 17.5 Å². The summed E-state index contributed by atoms with van der Waals surface area (Å²) < 4.78 is 5.71. The lowest BCUT2D eigenvalue weighted by molar-refractivity contribution is 0.0729. The SMILES string of the molecule is Cc1c(C)c(OC(=O)c2ccccc2)c(CC(=O)c2ccccc2)c(C)c1O. The first-order valence-electron chi connectivity index (χ1n) is 9.07. The number of hydrogen-bond acceptors (Lipinski definition) is 4. The fourth-order valence-corrected chi connectivity index (χ4v) is 3.13. The summed E-state index contributed by atoms with van der Waals surface area (Å²) in [5.41, 5.74) is 3.33. The zero-order valence-corrected chi connectivity index (χ0v) is 16.2. The molecule has 4 heteroatoms. The molecule has 0 radical (unpaired) electrons. The number of rotatable bonds is 5. The van der Waals surface area contributed by atoms with Gasteiger partial charge in [-0.25, -0.2) is 4.79 Å². The minimum absolute atomic E-state index is 0.0297. The Morgan fingerprint density at radius 1 is 0.786 bits per heavy atom. The van der Waals surface area contributed by atoms with Crippen LogP contribution in [-0.2, 0) is 6.42 Å². The van der Waals surface area contributed by atoms with E-state index in [1.807, 2.05) is 12.1 Å². The summed E-state index contributed by atoms with van der Waals surface area (Å²) in [6.45, 7) is 5.27. The van der Waals surface area contributed by atoms with E-state index >= 15 is 0 Å². The van der Waals surface area contributed by atoms with Gasteiger partial charge < -0.3 is 9.84 Å². The number of ether oxygens (including phenoxy) is 1. The molecule has 0 aromatic heterocycles. The predicted octanol–water partition coefficient (Wildman–Crippen LogP) is 4.96. The van der Waals surface area contributed by atoms with Gasteiger partial charge in [0.1, 0.15) is 11.5 Å². The molecular formula is C24H22O4. The molecule has 4 nitrogen and oxygen atoms in total. The van der Waals surface area contributed by atoms with E-state index in [1.165, 1.54) is 0 Å². The fraction of sp³-hybridized carbons (Fsp3) is 0.167. The van der Waals surface area contributed by atoms with E-state index in [-0.39, 0.29) is 18.0 Å². The lowest BCUT2D eigenvalue weighted by Crippen LogP contribution is -2.14. The van der Waals surface area contributed by atoms with Crippen LogP contribution < -0.4 is 4.74 Å². The number of phenols is 1. The van der Waals surface area contributed by atoms with Gasteiger partial charge in [-0.1, -0.05) is 48.5 Å². The van der Waals surface area contributed by atoms with Gasteiger partial charge in [0.05, 0.1) is 5.56 Å². The van der Waals surface area contributed by atoms with Crippen molar-refractivity contribution < 1.29 is 19.4 Å². The normalized spacial score (nSPS) is 10.5. The quantitative estimate of drug-likeness (QED) is 0.389. The lowest BCUT2D eigenvalue weighted by atomic mass is 9.92. The largest absolute Gasteiger partial charge is 0.507 e. The summed E-state index contributed by atoms with van der Waals surface area (Å²) in [5.74, 6) is -0.149. The number of benzene rings is 3. The fourth-order valence-electron chi connectivity index (χ4n) is 3.13. The first-order chi connectivity index (χ1) is 13.4. The highest BCUT2D eigenvalue weighted by Crippen LogP contribution is 2.38. The van der Waals surface area contributed by atoms with E-state index in [9.17, 15) is 14.7 Å². The Kier molecular flexibility index (Phi) is 5.59. The molecule has 3 aromatic rings. The molecule has 0 heterocycles. The van der Waals surface area contributed by atoms with Crippen molar-refractivity contribution in [1.29, 1.82) is 0 Å². The third kappa shape index (κ3) is 3.81. The second-order valence-electron chi connectivity index (χ2n) is 6.75. The lowest BCUT2D eigenvalue weighted by Gasteiger charge is -2.19. The van der Waals surface area contributed by atoms with Gasteiger partial charge in [0.2, 0.25) is 0 Å². The first kappa shape index (κ1) is 19.4. The molecule has 0 aliphatic rings. The molecule has 0 atom stereocenters. The Morgan fingerprint density at radius 3 is 1.89 bits per heavy atom. The van der Waals surface area contributed by atoms with Crippen molar-refractivity contribution in [3.63, 3.8) is 0 Å². The standard InChI is InChI=1S/C24H22O4/c1-15-16(2)23(28-24(27)19-12-8-5-9-13-19)20(17(3)22(15)26)14-21(25)18-10-6-4-7-11-18/h4-13,26H,14H2,1-3H3. The Morgan fingerprint density at radius 2 is 1.32 bits per heavy atom.